The van der Waals surface area contributed by atoms with Crippen molar-refractivity contribution in [1.29, 1.82) is 0 Å². The van der Waals surface area contributed by atoms with E-state index in [1.165, 1.54) is 6.92 Å². The van der Waals surface area contributed by atoms with Gasteiger partial charge in [0, 0.05) is 25.9 Å². The Hall–Kier alpha value is -1.59. The van der Waals surface area contributed by atoms with Gasteiger partial charge in [-0.15, -0.1) is 0 Å². The van der Waals surface area contributed by atoms with Gasteiger partial charge in [0.05, 0.1) is 0 Å². The van der Waals surface area contributed by atoms with Crippen molar-refractivity contribution < 1.29 is 19.5 Å². The number of rotatable bonds is 9. The van der Waals surface area contributed by atoms with E-state index in [0.29, 0.717) is 13.0 Å². The van der Waals surface area contributed by atoms with Gasteiger partial charge in [0.15, 0.2) is 0 Å². The van der Waals surface area contributed by atoms with Crippen LogP contribution in [0.2, 0.25) is 0 Å². The van der Waals surface area contributed by atoms with E-state index in [1.807, 2.05) is 0 Å². The van der Waals surface area contributed by atoms with Crippen LogP contribution in [-0.4, -0.2) is 46.9 Å². The highest BCUT2D eigenvalue weighted by Crippen LogP contribution is 2.24. The predicted octanol–water partition coefficient (Wildman–Crippen LogP) is 1.54. The number of unbranched alkanes of at least 4 members (excludes halogenated alkanes) is 2. The molecule has 0 heterocycles. The average Bonchev–Trinajstić information content (AvgIpc) is 2.93. The van der Waals surface area contributed by atoms with E-state index in [0.717, 1.165) is 44.9 Å². The third kappa shape index (κ3) is 7.11. The second-order valence-electron chi connectivity index (χ2n) is 5.65. The first-order chi connectivity index (χ1) is 10.0. The Bertz CT molecular complexity index is 365. The molecule has 0 aliphatic heterocycles. The van der Waals surface area contributed by atoms with Crippen molar-refractivity contribution >= 4 is 17.8 Å². The maximum absolute atomic E-state index is 12.2. The molecule has 6 nitrogen and oxygen atoms in total. The number of nitrogens with one attached hydrogen (secondary N) is 1. The fourth-order valence-corrected chi connectivity index (χ4v) is 2.77. The van der Waals surface area contributed by atoms with Gasteiger partial charge in [-0.1, -0.05) is 19.3 Å². The molecule has 1 aliphatic carbocycles. The van der Waals surface area contributed by atoms with Crippen molar-refractivity contribution in [2.75, 3.05) is 13.1 Å². The summed E-state index contributed by atoms with van der Waals surface area (Å²) in [6.45, 7) is 1.93. The van der Waals surface area contributed by atoms with Crippen LogP contribution >= 0.6 is 0 Å². The molecular weight excluding hydrogens is 272 g/mol. The largest absolute Gasteiger partial charge is 0.480 e. The van der Waals surface area contributed by atoms with Crippen molar-refractivity contribution in [2.24, 2.45) is 0 Å². The van der Waals surface area contributed by atoms with Gasteiger partial charge < -0.3 is 15.3 Å². The SMILES string of the molecule is CC(=O)NCCCCCC(=O)N(CC(=O)O)C1CCCC1. The van der Waals surface area contributed by atoms with Crippen LogP contribution in [-0.2, 0) is 14.4 Å². The zero-order valence-corrected chi connectivity index (χ0v) is 12.8. The lowest BCUT2D eigenvalue weighted by molar-refractivity contribution is -0.146. The molecule has 6 heteroatoms. The minimum Gasteiger partial charge on any atom is -0.480 e. The normalized spacial score (nSPS) is 14.9. The van der Waals surface area contributed by atoms with E-state index in [1.54, 1.807) is 4.90 Å². The number of amides is 2. The van der Waals surface area contributed by atoms with Gasteiger partial charge in [0.1, 0.15) is 6.54 Å². The maximum atomic E-state index is 12.2. The molecule has 1 aliphatic rings. The molecule has 21 heavy (non-hydrogen) atoms. The average molecular weight is 298 g/mol. The molecule has 1 rings (SSSR count). The molecule has 0 saturated heterocycles. The monoisotopic (exact) mass is 298 g/mol. The Balaban J connectivity index is 2.28. The Morgan fingerprint density at radius 1 is 1.14 bits per heavy atom. The Morgan fingerprint density at radius 3 is 2.38 bits per heavy atom. The van der Waals surface area contributed by atoms with Crippen molar-refractivity contribution in [3.8, 4) is 0 Å². The van der Waals surface area contributed by atoms with Crippen molar-refractivity contribution in [3.63, 3.8) is 0 Å². The predicted molar refractivity (Wildman–Crippen MR) is 78.8 cm³/mol. The molecule has 120 valence electrons. The first-order valence-corrected chi connectivity index (χ1v) is 7.76. The summed E-state index contributed by atoms with van der Waals surface area (Å²) in [6, 6.07) is 0.105. The number of aliphatic carboxylic acids is 1. The third-order valence-corrected chi connectivity index (χ3v) is 3.83. The molecule has 2 N–H and O–H groups in total. The minimum absolute atomic E-state index is 0.0417. The molecule has 0 aromatic heterocycles. The topological polar surface area (TPSA) is 86.7 Å². The summed E-state index contributed by atoms with van der Waals surface area (Å²) in [5.74, 6) is -1.04. The summed E-state index contributed by atoms with van der Waals surface area (Å²) >= 11 is 0. The van der Waals surface area contributed by atoms with Crippen molar-refractivity contribution in [3.05, 3.63) is 0 Å². The lowest BCUT2D eigenvalue weighted by Gasteiger charge is -2.27. The summed E-state index contributed by atoms with van der Waals surface area (Å²) in [4.78, 5) is 35.4. The summed E-state index contributed by atoms with van der Waals surface area (Å²) in [6.07, 6.45) is 6.82. The lowest BCUT2D eigenvalue weighted by Crippen LogP contribution is -2.42. The summed E-state index contributed by atoms with van der Waals surface area (Å²) in [5, 5.41) is 11.7. The van der Waals surface area contributed by atoms with Crippen LogP contribution in [0.15, 0.2) is 0 Å². The van der Waals surface area contributed by atoms with E-state index in [9.17, 15) is 14.4 Å². The van der Waals surface area contributed by atoms with Crippen LogP contribution in [0.4, 0.5) is 0 Å². The zero-order chi connectivity index (χ0) is 15.7. The number of carboxylic acid groups (broad SMARTS) is 1. The van der Waals surface area contributed by atoms with Crippen LogP contribution in [0.3, 0.4) is 0 Å². The molecule has 0 atom stereocenters. The highest BCUT2D eigenvalue weighted by Gasteiger charge is 2.27. The van der Waals surface area contributed by atoms with Crippen LogP contribution in [0.1, 0.15) is 58.3 Å². The highest BCUT2D eigenvalue weighted by atomic mass is 16.4. The fourth-order valence-electron chi connectivity index (χ4n) is 2.77. The number of carboxylic acids is 1. The van der Waals surface area contributed by atoms with Crippen LogP contribution in [0, 0.1) is 0 Å². The zero-order valence-electron chi connectivity index (χ0n) is 12.8. The quantitative estimate of drug-likeness (QED) is 0.632. The Labute approximate surface area is 125 Å². The number of nitrogens with zero attached hydrogens (tertiary/aromatic N) is 1. The van der Waals surface area contributed by atoms with Gasteiger partial charge in [-0.2, -0.15) is 0 Å². The minimum atomic E-state index is -0.944. The molecule has 0 aromatic carbocycles. The highest BCUT2D eigenvalue weighted by molar-refractivity contribution is 5.81. The first kappa shape index (κ1) is 17.5. The van der Waals surface area contributed by atoms with Gasteiger partial charge in [0.2, 0.25) is 11.8 Å². The molecule has 1 saturated carbocycles. The summed E-state index contributed by atoms with van der Waals surface area (Å²) in [5.41, 5.74) is 0. The summed E-state index contributed by atoms with van der Waals surface area (Å²) in [7, 11) is 0. The molecule has 0 bridgehead atoms. The van der Waals surface area contributed by atoms with Gasteiger partial charge in [-0.3, -0.25) is 14.4 Å². The first-order valence-electron chi connectivity index (χ1n) is 7.76. The second-order valence-corrected chi connectivity index (χ2v) is 5.65. The molecule has 1 fully saturated rings. The maximum Gasteiger partial charge on any atom is 0.323 e. The smallest absolute Gasteiger partial charge is 0.323 e. The lowest BCUT2D eigenvalue weighted by atomic mass is 10.1. The Kier molecular flexibility index (Phi) is 7.79. The molecule has 0 radical (unpaired) electrons. The summed E-state index contributed by atoms with van der Waals surface area (Å²) < 4.78 is 0. The third-order valence-electron chi connectivity index (χ3n) is 3.83. The van der Waals surface area contributed by atoms with E-state index >= 15 is 0 Å². The fraction of sp³-hybridized carbons (Fsp3) is 0.800. The van der Waals surface area contributed by atoms with Gasteiger partial charge in [0.25, 0.3) is 0 Å². The van der Waals surface area contributed by atoms with Crippen molar-refractivity contribution in [1.82, 2.24) is 10.2 Å². The number of hydrogen-bond acceptors (Lipinski definition) is 3. The standard InChI is InChI=1S/C15H26N2O4/c1-12(18)16-10-6-2-3-9-14(19)17(11-15(20)21)13-7-4-5-8-13/h13H,2-11H2,1H3,(H,16,18)(H,20,21). The molecule has 2 amide bonds. The van der Waals surface area contributed by atoms with Crippen LogP contribution in [0.5, 0.6) is 0 Å². The molecule has 0 spiro atoms. The van der Waals surface area contributed by atoms with Crippen LogP contribution in [0.25, 0.3) is 0 Å². The van der Waals surface area contributed by atoms with Gasteiger partial charge in [-0.25, -0.2) is 0 Å². The number of hydrogen-bond donors (Lipinski definition) is 2. The molecule has 0 aromatic rings. The number of carbonyl (C=O) groups is 3. The second kappa shape index (κ2) is 9.37. The van der Waals surface area contributed by atoms with Gasteiger partial charge >= 0.3 is 5.97 Å². The van der Waals surface area contributed by atoms with Crippen LogP contribution < -0.4 is 5.32 Å². The van der Waals surface area contributed by atoms with E-state index in [2.05, 4.69) is 5.32 Å². The van der Waals surface area contributed by atoms with E-state index < -0.39 is 5.97 Å². The molecular formula is C15H26N2O4. The van der Waals surface area contributed by atoms with Crippen molar-refractivity contribution in [2.45, 2.75) is 64.3 Å². The molecule has 0 unspecified atom stereocenters. The van der Waals surface area contributed by atoms with Gasteiger partial charge in [-0.05, 0) is 25.7 Å². The Morgan fingerprint density at radius 2 is 1.81 bits per heavy atom. The number of carbonyl (C=O) groups excluding carboxylic acids is 2. The van der Waals surface area contributed by atoms with E-state index in [4.69, 9.17) is 5.11 Å². The van der Waals surface area contributed by atoms with E-state index in [-0.39, 0.29) is 24.4 Å².